The molecule has 182 valence electrons. The number of carbonyl (C=O) groups is 2. The maximum atomic E-state index is 12.5. The number of amides is 2. The van der Waals surface area contributed by atoms with Crippen molar-refractivity contribution in [3.05, 3.63) is 59.8 Å². The van der Waals surface area contributed by atoms with E-state index >= 15 is 0 Å². The first-order valence-electron chi connectivity index (χ1n) is 11.0. The minimum atomic E-state index is -0.580. The summed E-state index contributed by atoms with van der Waals surface area (Å²) in [5, 5.41) is 26.7. The van der Waals surface area contributed by atoms with Gasteiger partial charge in [-0.05, 0) is 43.9 Å². The SMILES string of the molecule is C=CC(=O)NCCCCOc1c(O)c(O)c2c(=O)ccccc2c1OCCCCNC(=O)C=C. The predicted octanol–water partition coefficient (Wildman–Crippen LogP) is 2.53. The number of ether oxygens (including phenoxy) is 2. The van der Waals surface area contributed by atoms with Crippen LogP contribution in [0.3, 0.4) is 0 Å². The first-order chi connectivity index (χ1) is 16.4. The van der Waals surface area contributed by atoms with Crippen LogP contribution < -0.4 is 25.5 Å². The molecule has 2 aromatic carbocycles. The smallest absolute Gasteiger partial charge is 0.243 e. The number of unbranched alkanes of at least 4 members (excludes halogenated alkanes) is 2. The average Bonchev–Trinajstić information content (AvgIpc) is 3.03. The fraction of sp³-hybridized carbons (Fsp3) is 0.320. The van der Waals surface area contributed by atoms with Crippen LogP contribution in [0.1, 0.15) is 25.7 Å². The number of phenols is 2. The Morgan fingerprint density at radius 3 is 1.91 bits per heavy atom. The van der Waals surface area contributed by atoms with Crippen LogP contribution in [0, 0.1) is 0 Å². The summed E-state index contributed by atoms with van der Waals surface area (Å²) in [5.74, 6) is -1.60. The van der Waals surface area contributed by atoms with E-state index in [1.807, 2.05) is 0 Å². The first-order valence-corrected chi connectivity index (χ1v) is 11.0. The van der Waals surface area contributed by atoms with Crippen molar-refractivity contribution in [1.82, 2.24) is 10.6 Å². The largest absolute Gasteiger partial charge is 0.504 e. The summed E-state index contributed by atoms with van der Waals surface area (Å²) in [6.07, 6.45) is 4.76. The molecule has 2 aromatic rings. The molecule has 0 aliphatic heterocycles. The normalized spacial score (nSPS) is 10.4. The Morgan fingerprint density at radius 2 is 1.35 bits per heavy atom. The average molecular weight is 471 g/mol. The Hall–Kier alpha value is -4.01. The van der Waals surface area contributed by atoms with E-state index in [1.165, 1.54) is 24.3 Å². The standard InChI is InChI=1S/C25H30N2O7/c1-3-19(29)26-13-7-9-15-33-24-17-11-5-6-12-18(28)21(17)22(31)23(32)25(24)34-16-10-8-14-27-20(30)4-2/h3-6,11-12,31-32H,1-2,7-10,13-16H2,(H,26,29)(H,27,30). The van der Waals surface area contributed by atoms with Crippen molar-refractivity contribution in [3.8, 4) is 23.0 Å². The van der Waals surface area contributed by atoms with Crippen molar-refractivity contribution in [1.29, 1.82) is 0 Å². The lowest BCUT2D eigenvalue weighted by molar-refractivity contribution is -0.117. The highest BCUT2D eigenvalue weighted by atomic mass is 16.5. The molecule has 0 aliphatic carbocycles. The number of carbonyl (C=O) groups excluding carboxylic acids is 2. The number of aromatic hydroxyl groups is 2. The second kappa shape index (κ2) is 13.5. The van der Waals surface area contributed by atoms with E-state index in [9.17, 15) is 24.6 Å². The molecule has 0 radical (unpaired) electrons. The van der Waals surface area contributed by atoms with E-state index in [1.54, 1.807) is 12.1 Å². The Balaban J connectivity index is 2.18. The Kier molecular flexibility index (Phi) is 10.4. The van der Waals surface area contributed by atoms with Gasteiger partial charge in [-0.1, -0.05) is 31.4 Å². The van der Waals surface area contributed by atoms with Crippen molar-refractivity contribution < 1.29 is 29.3 Å². The quantitative estimate of drug-likeness (QED) is 0.189. The molecule has 0 atom stereocenters. The minimum Gasteiger partial charge on any atom is -0.504 e. The van der Waals surface area contributed by atoms with Crippen molar-refractivity contribution in [2.24, 2.45) is 0 Å². The number of phenolic OH excluding ortho intramolecular Hbond substituents is 2. The molecule has 4 N–H and O–H groups in total. The third-order valence-electron chi connectivity index (χ3n) is 4.87. The Morgan fingerprint density at radius 1 is 0.824 bits per heavy atom. The minimum absolute atomic E-state index is 0.0642. The van der Waals surface area contributed by atoms with E-state index in [0.717, 1.165) is 0 Å². The van der Waals surface area contributed by atoms with Gasteiger partial charge in [0.1, 0.15) is 0 Å². The van der Waals surface area contributed by atoms with Crippen LogP contribution in [0.5, 0.6) is 23.0 Å². The van der Waals surface area contributed by atoms with E-state index in [4.69, 9.17) is 9.47 Å². The molecule has 0 saturated carbocycles. The molecule has 2 amide bonds. The van der Waals surface area contributed by atoms with Crippen LogP contribution in [0.15, 0.2) is 54.4 Å². The molecule has 34 heavy (non-hydrogen) atoms. The zero-order valence-electron chi connectivity index (χ0n) is 19.0. The van der Waals surface area contributed by atoms with Gasteiger partial charge in [-0.3, -0.25) is 14.4 Å². The van der Waals surface area contributed by atoms with Crippen molar-refractivity contribution in [2.75, 3.05) is 26.3 Å². The fourth-order valence-corrected chi connectivity index (χ4v) is 3.13. The van der Waals surface area contributed by atoms with Crippen LogP contribution in [0.25, 0.3) is 10.8 Å². The van der Waals surface area contributed by atoms with Crippen molar-refractivity contribution in [3.63, 3.8) is 0 Å². The molecule has 0 heterocycles. The summed E-state index contributed by atoms with van der Waals surface area (Å²) in [4.78, 5) is 34.9. The van der Waals surface area contributed by atoms with Gasteiger partial charge < -0.3 is 30.3 Å². The van der Waals surface area contributed by atoms with Crippen LogP contribution in [0.2, 0.25) is 0 Å². The zero-order valence-corrected chi connectivity index (χ0v) is 19.0. The predicted molar refractivity (Wildman–Crippen MR) is 129 cm³/mol. The molecule has 9 nitrogen and oxygen atoms in total. The molecule has 0 bridgehead atoms. The maximum absolute atomic E-state index is 12.5. The molecular formula is C25H30N2O7. The molecule has 0 unspecified atom stereocenters. The number of rotatable bonds is 14. The molecule has 0 aliphatic rings. The summed E-state index contributed by atoms with van der Waals surface area (Å²) in [7, 11) is 0. The molecule has 0 spiro atoms. The highest BCUT2D eigenvalue weighted by molar-refractivity contribution is 5.97. The topological polar surface area (TPSA) is 134 Å². The van der Waals surface area contributed by atoms with Gasteiger partial charge in [0.25, 0.3) is 0 Å². The van der Waals surface area contributed by atoms with E-state index in [0.29, 0.717) is 44.2 Å². The van der Waals surface area contributed by atoms with Gasteiger partial charge in [0.05, 0.1) is 18.6 Å². The number of benzene rings is 1. The lowest BCUT2D eigenvalue weighted by Gasteiger charge is -2.17. The summed E-state index contributed by atoms with van der Waals surface area (Å²) >= 11 is 0. The molecular weight excluding hydrogens is 440 g/mol. The molecule has 0 saturated heterocycles. The van der Waals surface area contributed by atoms with E-state index in [2.05, 4.69) is 23.8 Å². The van der Waals surface area contributed by atoms with Gasteiger partial charge in [-0.2, -0.15) is 0 Å². The number of fused-ring (bicyclic) bond motifs is 1. The van der Waals surface area contributed by atoms with Crippen molar-refractivity contribution in [2.45, 2.75) is 25.7 Å². The van der Waals surface area contributed by atoms with Crippen molar-refractivity contribution >= 4 is 22.6 Å². The number of hydrogen-bond acceptors (Lipinski definition) is 7. The highest BCUT2D eigenvalue weighted by Gasteiger charge is 2.22. The third kappa shape index (κ3) is 7.26. The van der Waals surface area contributed by atoms with Gasteiger partial charge in [0.15, 0.2) is 16.9 Å². The third-order valence-corrected chi connectivity index (χ3v) is 4.87. The van der Waals surface area contributed by atoms with E-state index in [-0.39, 0.29) is 41.9 Å². The second-order valence-electron chi connectivity index (χ2n) is 7.33. The fourth-order valence-electron chi connectivity index (χ4n) is 3.13. The Labute approximate surface area is 197 Å². The molecule has 0 aromatic heterocycles. The highest BCUT2D eigenvalue weighted by Crippen LogP contribution is 2.48. The number of hydrogen-bond donors (Lipinski definition) is 4. The summed E-state index contributed by atoms with van der Waals surface area (Å²) in [6, 6.07) is 6.05. The number of nitrogens with one attached hydrogen (secondary N) is 2. The van der Waals surface area contributed by atoms with Crippen LogP contribution in [-0.2, 0) is 9.59 Å². The summed E-state index contributed by atoms with van der Waals surface area (Å²) in [5.41, 5.74) is -0.478. The van der Waals surface area contributed by atoms with Gasteiger partial charge in [-0.15, -0.1) is 0 Å². The van der Waals surface area contributed by atoms with Gasteiger partial charge in [0.2, 0.25) is 23.3 Å². The van der Waals surface area contributed by atoms with Crippen LogP contribution in [0.4, 0.5) is 0 Å². The van der Waals surface area contributed by atoms with Gasteiger partial charge in [-0.25, -0.2) is 0 Å². The molecule has 2 rings (SSSR count). The lowest BCUT2D eigenvalue weighted by Crippen LogP contribution is -2.22. The monoisotopic (exact) mass is 470 g/mol. The Bertz CT molecular complexity index is 1100. The van der Waals surface area contributed by atoms with Crippen LogP contribution in [-0.4, -0.2) is 48.3 Å². The maximum Gasteiger partial charge on any atom is 0.243 e. The van der Waals surface area contributed by atoms with Crippen LogP contribution >= 0.6 is 0 Å². The van der Waals surface area contributed by atoms with Gasteiger partial charge >= 0.3 is 0 Å². The van der Waals surface area contributed by atoms with Gasteiger partial charge in [0, 0.05) is 18.5 Å². The molecule has 9 heteroatoms. The summed E-state index contributed by atoms with van der Waals surface area (Å²) < 4.78 is 11.7. The summed E-state index contributed by atoms with van der Waals surface area (Å²) in [6.45, 7) is 8.05. The lowest BCUT2D eigenvalue weighted by atomic mass is 10.1. The zero-order chi connectivity index (χ0) is 24.9. The second-order valence-corrected chi connectivity index (χ2v) is 7.33. The van der Waals surface area contributed by atoms with E-state index < -0.39 is 16.9 Å². The first kappa shape index (κ1) is 26.2. The molecule has 0 fully saturated rings.